The molecule has 7 nitrogen and oxygen atoms in total. The van der Waals surface area contributed by atoms with Crippen LogP contribution in [0.3, 0.4) is 0 Å². The van der Waals surface area contributed by atoms with E-state index in [-0.39, 0.29) is 5.54 Å². The molecular formula is C22H38N6O. The van der Waals surface area contributed by atoms with Crippen LogP contribution in [0.1, 0.15) is 56.9 Å². The highest BCUT2D eigenvalue weighted by Gasteiger charge is 2.39. The normalized spacial score (nSPS) is 26.1. The second kappa shape index (κ2) is 9.47. The highest BCUT2D eigenvalue weighted by Crippen LogP contribution is 2.35. The van der Waals surface area contributed by atoms with Crippen LogP contribution in [0.5, 0.6) is 0 Å². The van der Waals surface area contributed by atoms with Gasteiger partial charge in [0.2, 0.25) is 0 Å². The Morgan fingerprint density at radius 1 is 1.24 bits per heavy atom. The second-order valence-corrected chi connectivity index (χ2v) is 8.93. The van der Waals surface area contributed by atoms with E-state index in [2.05, 4.69) is 33.3 Å². The number of hydrogen-bond donors (Lipinski definition) is 1. The molecule has 1 atom stereocenters. The first-order valence-corrected chi connectivity index (χ1v) is 11.5. The van der Waals surface area contributed by atoms with Crippen molar-refractivity contribution in [1.29, 1.82) is 0 Å². The third-order valence-electron chi connectivity index (χ3n) is 7.01. The van der Waals surface area contributed by atoms with E-state index in [1.165, 1.54) is 44.1 Å². The number of guanidine groups is 1. The number of hydrogen-bond acceptors (Lipinski definition) is 4. The van der Waals surface area contributed by atoms with Gasteiger partial charge in [-0.05, 0) is 31.7 Å². The summed E-state index contributed by atoms with van der Waals surface area (Å²) in [5.41, 5.74) is 1.58. The average molecular weight is 403 g/mol. The van der Waals surface area contributed by atoms with Crippen LogP contribution in [0, 0.1) is 0 Å². The summed E-state index contributed by atoms with van der Waals surface area (Å²) in [5.74, 6) is 1.65. The molecule has 7 heteroatoms. The van der Waals surface area contributed by atoms with Gasteiger partial charge in [0.25, 0.3) is 0 Å². The Balaban J connectivity index is 1.46. The van der Waals surface area contributed by atoms with Crippen molar-refractivity contribution in [2.75, 3.05) is 52.5 Å². The van der Waals surface area contributed by atoms with Crippen LogP contribution in [-0.2, 0) is 11.8 Å². The number of morpholine rings is 1. The van der Waals surface area contributed by atoms with Crippen LogP contribution >= 0.6 is 0 Å². The third kappa shape index (κ3) is 4.77. The minimum absolute atomic E-state index is 0.227. The fraction of sp³-hybridized carbons (Fsp3) is 0.818. The first-order valence-electron chi connectivity index (χ1n) is 11.5. The van der Waals surface area contributed by atoms with Crippen molar-refractivity contribution in [2.24, 2.45) is 12.0 Å². The van der Waals surface area contributed by atoms with Crippen molar-refractivity contribution in [2.45, 2.75) is 56.9 Å². The molecule has 0 aromatic carbocycles. The van der Waals surface area contributed by atoms with Crippen molar-refractivity contribution in [3.8, 4) is 0 Å². The zero-order chi connectivity index (χ0) is 20.1. The van der Waals surface area contributed by atoms with Gasteiger partial charge in [-0.2, -0.15) is 5.10 Å². The molecule has 2 saturated heterocycles. The molecule has 3 aliphatic rings. The van der Waals surface area contributed by atoms with Gasteiger partial charge in [0.05, 0.1) is 26.0 Å². The molecule has 2 aliphatic heterocycles. The lowest BCUT2D eigenvalue weighted by Gasteiger charge is -2.47. The maximum atomic E-state index is 5.63. The zero-order valence-electron chi connectivity index (χ0n) is 18.3. The fourth-order valence-corrected chi connectivity index (χ4v) is 5.35. The summed E-state index contributed by atoms with van der Waals surface area (Å²) in [5, 5.41) is 7.94. The molecule has 1 aromatic heterocycles. The van der Waals surface area contributed by atoms with Crippen molar-refractivity contribution < 1.29 is 4.74 Å². The summed E-state index contributed by atoms with van der Waals surface area (Å²) in [4.78, 5) is 10.4. The molecule has 29 heavy (non-hydrogen) atoms. The maximum absolute atomic E-state index is 5.63. The van der Waals surface area contributed by atoms with Gasteiger partial charge in [-0.3, -0.25) is 14.6 Å². The van der Waals surface area contributed by atoms with Crippen molar-refractivity contribution in [3.05, 3.63) is 18.0 Å². The Kier molecular flexibility index (Phi) is 6.75. The van der Waals surface area contributed by atoms with Gasteiger partial charge in [0, 0.05) is 57.4 Å². The number of aryl methyl sites for hydroxylation is 1. The summed E-state index contributed by atoms with van der Waals surface area (Å²) in [6.07, 6.45) is 11.9. The number of rotatable bonds is 5. The van der Waals surface area contributed by atoms with Gasteiger partial charge in [-0.1, -0.05) is 19.3 Å². The van der Waals surface area contributed by atoms with Crippen LogP contribution in [-0.4, -0.2) is 83.6 Å². The van der Waals surface area contributed by atoms with E-state index in [0.717, 1.165) is 58.4 Å². The molecule has 3 fully saturated rings. The maximum Gasteiger partial charge on any atom is 0.194 e. The summed E-state index contributed by atoms with van der Waals surface area (Å²) < 4.78 is 7.54. The SMILES string of the molecule is CCNC(=NCC1(N2CCOCC2)CCCCC1)N1CCC(c2cnn(C)c2)C1. The van der Waals surface area contributed by atoms with E-state index in [1.54, 1.807) is 0 Å². The number of nitrogens with zero attached hydrogens (tertiary/aromatic N) is 5. The van der Waals surface area contributed by atoms with E-state index in [9.17, 15) is 0 Å². The van der Waals surface area contributed by atoms with Gasteiger partial charge in [0.1, 0.15) is 0 Å². The van der Waals surface area contributed by atoms with E-state index in [4.69, 9.17) is 9.73 Å². The van der Waals surface area contributed by atoms with Crippen LogP contribution in [0.2, 0.25) is 0 Å². The first kappa shape index (κ1) is 20.7. The lowest BCUT2D eigenvalue weighted by Crippen LogP contribution is -2.56. The average Bonchev–Trinajstić information content (AvgIpc) is 3.42. The second-order valence-electron chi connectivity index (χ2n) is 8.93. The largest absolute Gasteiger partial charge is 0.379 e. The molecule has 0 amide bonds. The van der Waals surface area contributed by atoms with Crippen molar-refractivity contribution in [1.82, 2.24) is 24.9 Å². The molecule has 1 aromatic rings. The summed E-state index contributed by atoms with van der Waals surface area (Å²) in [6, 6.07) is 0. The van der Waals surface area contributed by atoms with E-state index >= 15 is 0 Å². The first-order chi connectivity index (χ1) is 14.2. The summed E-state index contributed by atoms with van der Waals surface area (Å²) in [7, 11) is 2.00. The molecule has 0 bridgehead atoms. The van der Waals surface area contributed by atoms with E-state index in [1.807, 2.05) is 17.9 Å². The topological polar surface area (TPSA) is 57.9 Å². The monoisotopic (exact) mass is 402 g/mol. The molecule has 1 saturated carbocycles. The van der Waals surface area contributed by atoms with Crippen LogP contribution in [0.15, 0.2) is 17.4 Å². The highest BCUT2D eigenvalue weighted by atomic mass is 16.5. The predicted molar refractivity (Wildman–Crippen MR) is 116 cm³/mol. The minimum Gasteiger partial charge on any atom is -0.379 e. The fourth-order valence-electron chi connectivity index (χ4n) is 5.35. The van der Waals surface area contributed by atoms with Crippen molar-refractivity contribution >= 4 is 5.96 Å². The lowest BCUT2D eigenvalue weighted by molar-refractivity contribution is -0.0334. The smallest absolute Gasteiger partial charge is 0.194 e. The summed E-state index contributed by atoms with van der Waals surface area (Å²) in [6.45, 7) is 9.92. The highest BCUT2D eigenvalue weighted by molar-refractivity contribution is 5.80. The standard InChI is InChI=1S/C22H38N6O/c1-3-23-21(27-10-7-19(17-27)20-15-25-26(2)16-20)24-18-22(8-5-4-6-9-22)28-11-13-29-14-12-28/h15-16,19H,3-14,17-18H2,1-2H3,(H,23,24). The Hall–Kier alpha value is -1.60. The zero-order valence-corrected chi connectivity index (χ0v) is 18.3. The Labute approximate surface area is 175 Å². The van der Waals surface area contributed by atoms with E-state index < -0.39 is 0 Å². The van der Waals surface area contributed by atoms with Crippen LogP contribution in [0.4, 0.5) is 0 Å². The van der Waals surface area contributed by atoms with Crippen LogP contribution in [0.25, 0.3) is 0 Å². The minimum atomic E-state index is 0.227. The number of ether oxygens (including phenoxy) is 1. The molecule has 1 aliphatic carbocycles. The Morgan fingerprint density at radius 2 is 2.03 bits per heavy atom. The number of aromatic nitrogens is 2. The molecule has 0 spiro atoms. The molecular weight excluding hydrogens is 364 g/mol. The molecule has 1 N–H and O–H groups in total. The summed E-state index contributed by atoms with van der Waals surface area (Å²) >= 11 is 0. The van der Waals surface area contributed by atoms with Gasteiger partial charge < -0.3 is 15.0 Å². The van der Waals surface area contributed by atoms with Gasteiger partial charge in [0.15, 0.2) is 5.96 Å². The molecule has 3 heterocycles. The quantitative estimate of drug-likeness (QED) is 0.605. The van der Waals surface area contributed by atoms with Gasteiger partial charge in [-0.25, -0.2) is 0 Å². The predicted octanol–water partition coefficient (Wildman–Crippen LogP) is 2.21. The van der Waals surface area contributed by atoms with Gasteiger partial charge >= 0.3 is 0 Å². The molecule has 4 rings (SSSR count). The Bertz CT molecular complexity index is 675. The van der Waals surface area contributed by atoms with Crippen molar-refractivity contribution in [3.63, 3.8) is 0 Å². The van der Waals surface area contributed by atoms with Gasteiger partial charge in [-0.15, -0.1) is 0 Å². The number of likely N-dealkylation sites (tertiary alicyclic amines) is 1. The third-order valence-corrected chi connectivity index (χ3v) is 7.01. The lowest BCUT2D eigenvalue weighted by atomic mass is 9.80. The Morgan fingerprint density at radius 3 is 2.72 bits per heavy atom. The molecule has 1 unspecified atom stereocenters. The molecule has 0 radical (unpaired) electrons. The van der Waals surface area contributed by atoms with Crippen LogP contribution < -0.4 is 5.32 Å². The molecule has 162 valence electrons. The van der Waals surface area contributed by atoms with E-state index in [0.29, 0.717) is 5.92 Å². The number of aliphatic imine (C=N–C) groups is 1. The number of nitrogens with one attached hydrogen (secondary N) is 1.